The van der Waals surface area contributed by atoms with Gasteiger partial charge in [0.2, 0.25) is 5.91 Å². The van der Waals surface area contributed by atoms with Gasteiger partial charge in [0.1, 0.15) is 0 Å². The first-order valence-corrected chi connectivity index (χ1v) is 11.0. The summed E-state index contributed by atoms with van der Waals surface area (Å²) in [6.07, 6.45) is 1.65. The summed E-state index contributed by atoms with van der Waals surface area (Å²) in [7, 11) is 0. The molecule has 0 aromatic heterocycles. The minimum atomic E-state index is -0.479. The molecule has 0 saturated carbocycles. The highest BCUT2D eigenvalue weighted by Crippen LogP contribution is 2.36. The number of benzene rings is 4. The number of aryl methyl sites for hydroxylation is 1. The number of nitrogens with two attached hydrogens (primary N) is 1. The zero-order valence-corrected chi connectivity index (χ0v) is 18.1. The van der Waals surface area contributed by atoms with E-state index in [0.717, 1.165) is 24.9 Å². The van der Waals surface area contributed by atoms with Gasteiger partial charge in [0.25, 0.3) is 0 Å². The lowest BCUT2D eigenvalue weighted by atomic mass is 9.77. The zero-order chi connectivity index (χ0) is 22.2. The van der Waals surface area contributed by atoms with Crippen molar-refractivity contribution in [3.05, 3.63) is 143 Å². The molecule has 4 rings (SSSR count). The van der Waals surface area contributed by atoms with Crippen molar-refractivity contribution in [3.8, 4) is 0 Å². The Hall–Kier alpha value is -3.69. The minimum absolute atomic E-state index is 0.374. The standard InChI is InChI=1S/C29H28N2O/c30-28(32)27-21-11-10-13-23(27)14-12-22-31-29(24-15-4-1-5-16-24,25-17-6-2-7-18-25)26-19-8-3-9-20-26/h1-11,13,15-21,31H,12,14,22H2,(H2,30,32). The van der Waals surface area contributed by atoms with E-state index in [4.69, 9.17) is 5.73 Å². The van der Waals surface area contributed by atoms with Gasteiger partial charge in [-0.2, -0.15) is 0 Å². The topological polar surface area (TPSA) is 55.1 Å². The lowest BCUT2D eigenvalue weighted by Gasteiger charge is -2.37. The number of primary amides is 1. The molecule has 3 heteroatoms. The van der Waals surface area contributed by atoms with Crippen LogP contribution in [-0.2, 0) is 12.0 Å². The zero-order valence-electron chi connectivity index (χ0n) is 18.1. The number of carbonyl (C=O) groups excluding carboxylic acids is 1. The molecule has 0 spiro atoms. The van der Waals surface area contributed by atoms with Crippen molar-refractivity contribution in [1.82, 2.24) is 5.32 Å². The van der Waals surface area contributed by atoms with Crippen molar-refractivity contribution in [2.24, 2.45) is 5.73 Å². The Morgan fingerprint density at radius 1 is 0.656 bits per heavy atom. The summed E-state index contributed by atoms with van der Waals surface area (Å²) in [5.74, 6) is -0.374. The van der Waals surface area contributed by atoms with Crippen LogP contribution in [-0.4, -0.2) is 12.5 Å². The summed E-state index contributed by atoms with van der Waals surface area (Å²) in [5.41, 5.74) is 10.2. The first-order valence-electron chi connectivity index (χ1n) is 11.0. The van der Waals surface area contributed by atoms with Gasteiger partial charge in [-0.05, 0) is 47.7 Å². The largest absolute Gasteiger partial charge is 0.366 e. The van der Waals surface area contributed by atoms with Crippen LogP contribution in [0.3, 0.4) is 0 Å². The van der Waals surface area contributed by atoms with Gasteiger partial charge in [-0.25, -0.2) is 0 Å². The number of hydrogen-bond acceptors (Lipinski definition) is 2. The maximum Gasteiger partial charge on any atom is 0.248 e. The monoisotopic (exact) mass is 420 g/mol. The second kappa shape index (κ2) is 10.1. The van der Waals surface area contributed by atoms with Gasteiger partial charge in [-0.1, -0.05) is 109 Å². The normalized spacial score (nSPS) is 11.2. The molecule has 0 unspecified atom stereocenters. The molecule has 32 heavy (non-hydrogen) atoms. The first kappa shape index (κ1) is 21.5. The molecule has 0 radical (unpaired) electrons. The second-order valence-corrected chi connectivity index (χ2v) is 7.90. The molecule has 0 atom stereocenters. The number of hydrogen-bond donors (Lipinski definition) is 2. The molecule has 4 aromatic rings. The summed E-state index contributed by atoms with van der Waals surface area (Å²) < 4.78 is 0. The van der Waals surface area contributed by atoms with E-state index in [1.54, 1.807) is 6.07 Å². The molecule has 0 aliphatic heterocycles. The Morgan fingerprint density at radius 3 is 1.56 bits per heavy atom. The Bertz CT molecular complexity index is 1040. The van der Waals surface area contributed by atoms with Gasteiger partial charge in [-0.3, -0.25) is 10.1 Å². The Balaban J connectivity index is 1.67. The average molecular weight is 421 g/mol. The van der Waals surface area contributed by atoms with E-state index in [9.17, 15) is 4.79 Å². The van der Waals surface area contributed by atoms with Gasteiger partial charge in [0.05, 0.1) is 5.54 Å². The highest BCUT2D eigenvalue weighted by Gasteiger charge is 2.35. The van der Waals surface area contributed by atoms with Crippen molar-refractivity contribution in [2.45, 2.75) is 18.4 Å². The Labute approximate surface area is 189 Å². The maximum atomic E-state index is 11.8. The van der Waals surface area contributed by atoms with E-state index < -0.39 is 5.54 Å². The van der Waals surface area contributed by atoms with E-state index in [1.807, 2.05) is 36.4 Å². The lowest BCUT2D eigenvalue weighted by Crippen LogP contribution is -2.45. The SMILES string of the molecule is NC(=O)c1ccccc1CCCNC(c1ccccc1)(c1ccccc1)c1ccccc1. The molecule has 4 aromatic carbocycles. The minimum Gasteiger partial charge on any atom is -0.366 e. The summed E-state index contributed by atoms with van der Waals surface area (Å²) in [6.45, 7) is 0.770. The molecule has 3 N–H and O–H groups in total. The number of carbonyl (C=O) groups is 1. The molecule has 0 heterocycles. The van der Waals surface area contributed by atoms with E-state index in [1.165, 1.54) is 16.7 Å². The molecule has 0 fully saturated rings. The van der Waals surface area contributed by atoms with Crippen molar-refractivity contribution < 1.29 is 4.79 Å². The van der Waals surface area contributed by atoms with Crippen molar-refractivity contribution in [2.75, 3.05) is 6.54 Å². The smallest absolute Gasteiger partial charge is 0.248 e. The number of amides is 1. The maximum absolute atomic E-state index is 11.8. The van der Waals surface area contributed by atoms with Crippen LogP contribution in [0.5, 0.6) is 0 Å². The molecule has 0 aliphatic carbocycles. The second-order valence-electron chi connectivity index (χ2n) is 7.90. The molecular weight excluding hydrogens is 392 g/mol. The van der Waals surface area contributed by atoms with Gasteiger partial charge >= 0.3 is 0 Å². The summed E-state index contributed by atoms with van der Waals surface area (Å²) >= 11 is 0. The van der Waals surface area contributed by atoms with Crippen LogP contribution in [0.4, 0.5) is 0 Å². The summed E-state index contributed by atoms with van der Waals surface area (Å²) in [4.78, 5) is 11.8. The molecular formula is C29H28N2O. The van der Waals surface area contributed by atoms with E-state index in [-0.39, 0.29) is 5.91 Å². The van der Waals surface area contributed by atoms with Crippen molar-refractivity contribution in [3.63, 3.8) is 0 Å². The van der Waals surface area contributed by atoms with Crippen LogP contribution >= 0.6 is 0 Å². The summed E-state index contributed by atoms with van der Waals surface area (Å²) in [5, 5.41) is 3.88. The van der Waals surface area contributed by atoms with Crippen LogP contribution in [0.25, 0.3) is 0 Å². The highest BCUT2D eigenvalue weighted by atomic mass is 16.1. The number of rotatable bonds is 9. The van der Waals surface area contributed by atoms with Gasteiger partial charge < -0.3 is 5.73 Å². The molecule has 1 amide bonds. The third-order valence-electron chi connectivity index (χ3n) is 5.92. The van der Waals surface area contributed by atoms with Crippen LogP contribution in [0, 0.1) is 0 Å². The van der Waals surface area contributed by atoms with Gasteiger partial charge in [0.15, 0.2) is 0 Å². The lowest BCUT2D eigenvalue weighted by molar-refractivity contribution is 0.0999. The molecule has 160 valence electrons. The van der Waals surface area contributed by atoms with Crippen LogP contribution < -0.4 is 11.1 Å². The van der Waals surface area contributed by atoms with E-state index >= 15 is 0 Å². The quantitative estimate of drug-likeness (QED) is 0.285. The Morgan fingerprint density at radius 2 is 1.09 bits per heavy atom. The molecule has 0 aliphatic rings. The molecule has 0 saturated heterocycles. The van der Waals surface area contributed by atoms with E-state index in [2.05, 4.69) is 78.1 Å². The first-order chi connectivity index (χ1) is 15.7. The third-order valence-corrected chi connectivity index (χ3v) is 5.92. The average Bonchev–Trinajstić information content (AvgIpc) is 2.86. The highest BCUT2D eigenvalue weighted by molar-refractivity contribution is 5.94. The summed E-state index contributed by atoms with van der Waals surface area (Å²) in [6, 6.07) is 39.3. The van der Waals surface area contributed by atoms with Gasteiger partial charge in [0, 0.05) is 5.56 Å². The fourth-order valence-electron chi connectivity index (χ4n) is 4.40. The molecule has 0 bridgehead atoms. The third kappa shape index (κ3) is 4.48. The van der Waals surface area contributed by atoms with Gasteiger partial charge in [-0.15, -0.1) is 0 Å². The predicted molar refractivity (Wildman–Crippen MR) is 130 cm³/mol. The van der Waals surface area contributed by atoms with Crippen LogP contribution in [0.15, 0.2) is 115 Å². The van der Waals surface area contributed by atoms with Crippen molar-refractivity contribution in [1.29, 1.82) is 0 Å². The molecule has 3 nitrogen and oxygen atoms in total. The van der Waals surface area contributed by atoms with Crippen LogP contribution in [0.1, 0.15) is 39.0 Å². The van der Waals surface area contributed by atoms with Crippen LogP contribution in [0.2, 0.25) is 0 Å². The fourth-order valence-corrected chi connectivity index (χ4v) is 4.40. The Kier molecular flexibility index (Phi) is 6.78. The van der Waals surface area contributed by atoms with E-state index in [0.29, 0.717) is 5.56 Å². The predicted octanol–water partition coefficient (Wildman–Crippen LogP) is 5.30. The fraction of sp³-hybridized carbons (Fsp3) is 0.138. The number of nitrogens with one attached hydrogen (secondary N) is 1. The van der Waals surface area contributed by atoms with Crippen molar-refractivity contribution >= 4 is 5.91 Å².